The van der Waals surface area contributed by atoms with Gasteiger partial charge in [0.25, 0.3) is 0 Å². The van der Waals surface area contributed by atoms with Crippen molar-refractivity contribution in [2.24, 2.45) is 5.41 Å². The Labute approximate surface area is 92.8 Å². The topological polar surface area (TPSA) is 29.5 Å². The van der Waals surface area contributed by atoms with Crippen molar-refractivity contribution in [1.82, 2.24) is 4.90 Å². The Kier molecular flexibility index (Phi) is 4.58. The van der Waals surface area contributed by atoms with Crippen LogP contribution in [0.4, 0.5) is 0 Å². The van der Waals surface area contributed by atoms with E-state index < -0.39 is 0 Å². The summed E-state index contributed by atoms with van der Waals surface area (Å²) >= 11 is 0. The number of piperidine rings is 1. The zero-order chi connectivity index (χ0) is 11.3. The smallest absolute Gasteiger partial charge is 0.248 e. The van der Waals surface area contributed by atoms with Crippen molar-refractivity contribution in [2.75, 3.05) is 26.8 Å². The molecule has 0 aliphatic carbocycles. The van der Waals surface area contributed by atoms with E-state index in [1.807, 2.05) is 4.90 Å². The predicted octanol–water partition coefficient (Wildman–Crippen LogP) is 2.06. The van der Waals surface area contributed by atoms with Crippen molar-refractivity contribution >= 4 is 5.91 Å². The number of rotatable bonds is 4. The Hall–Kier alpha value is -0.570. The van der Waals surface area contributed by atoms with Crippen LogP contribution < -0.4 is 0 Å². The van der Waals surface area contributed by atoms with Crippen LogP contribution >= 0.6 is 0 Å². The molecule has 15 heavy (non-hydrogen) atoms. The highest BCUT2D eigenvalue weighted by atomic mass is 16.5. The van der Waals surface area contributed by atoms with Gasteiger partial charge in [0.15, 0.2) is 0 Å². The maximum atomic E-state index is 11.6. The average Bonchev–Trinajstić information content (AvgIpc) is 2.29. The molecule has 1 heterocycles. The molecule has 0 atom stereocenters. The molecule has 0 spiro atoms. The Morgan fingerprint density at radius 3 is 2.20 bits per heavy atom. The van der Waals surface area contributed by atoms with Crippen LogP contribution in [-0.4, -0.2) is 37.6 Å². The number of methoxy groups -OCH3 is 1. The van der Waals surface area contributed by atoms with E-state index in [-0.39, 0.29) is 12.5 Å². The zero-order valence-electron chi connectivity index (χ0n) is 10.2. The zero-order valence-corrected chi connectivity index (χ0v) is 10.2. The number of likely N-dealkylation sites (tertiary alicyclic amines) is 1. The summed E-state index contributed by atoms with van der Waals surface area (Å²) in [5.41, 5.74) is 0.490. The summed E-state index contributed by atoms with van der Waals surface area (Å²) in [5, 5.41) is 0. The first-order valence-corrected chi connectivity index (χ1v) is 5.94. The monoisotopic (exact) mass is 213 g/mol. The Bertz CT molecular complexity index is 202. The van der Waals surface area contributed by atoms with Gasteiger partial charge in [0, 0.05) is 20.2 Å². The largest absolute Gasteiger partial charge is 0.375 e. The molecule has 0 radical (unpaired) electrons. The average molecular weight is 213 g/mol. The van der Waals surface area contributed by atoms with Crippen LogP contribution in [0.5, 0.6) is 0 Å². The Morgan fingerprint density at radius 2 is 1.80 bits per heavy atom. The van der Waals surface area contributed by atoms with E-state index >= 15 is 0 Å². The number of carbonyl (C=O) groups excluding carboxylic acids is 1. The third-order valence-corrected chi connectivity index (χ3v) is 3.94. The fourth-order valence-corrected chi connectivity index (χ4v) is 2.40. The summed E-state index contributed by atoms with van der Waals surface area (Å²) in [5.74, 6) is 0.137. The number of carbonyl (C=O) groups is 1. The molecular weight excluding hydrogens is 190 g/mol. The fraction of sp³-hybridized carbons (Fsp3) is 0.917. The standard InChI is InChI=1S/C12H23NO2/c1-4-12(5-2)6-8-13(9-7-12)11(14)10-15-3/h4-10H2,1-3H3. The van der Waals surface area contributed by atoms with E-state index in [1.54, 1.807) is 7.11 Å². The SMILES string of the molecule is CCC1(CC)CCN(C(=O)COC)CC1. The van der Waals surface area contributed by atoms with E-state index in [9.17, 15) is 4.79 Å². The molecule has 3 heteroatoms. The molecule has 0 aromatic rings. The van der Waals surface area contributed by atoms with Crippen LogP contribution in [0.3, 0.4) is 0 Å². The number of hydrogen-bond acceptors (Lipinski definition) is 2. The lowest BCUT2D eigenvalue weighted by Gasteiger charge is -2.40. The van der Waals surface area contributed by atoms with Crippen molar-refractivity contribution in [3.63, 3.8) is 0 Å². The number of nitrogens with zero attached hydrogens (tertiary/aromatic N) is 1. The van der Waals surface area contributed by atoms with E-state index in [0.717, 1.165) is 25.9 Å². The van der Waals surface area contributed by atoms with Gasteiger partial charge in [-0.1, -0.05) is 26.7 Å². The minimum Gasteiger partial charge on any atom is -0.375 e. The summed E-state index contributed by atoms with van der Waals surface area (Å²) in [7, 11) is 1.57. The molecule has 88 valence electrons. The first-order chi connectivity index (χ1) is 7.17. The van der Waals surface area contributed by atoms with Crippen LogP contribution in [0.1, 0.15) is 39.5 Å². The first kappa shape index (κ1) is 12.5. The van der Waals surface area contributed by atoms with Gasteiger partial charge in [0.05, 0.1) is 0 Å². The second-order valence-electron chi connectivity index (χ2n) is 4.52. The highest BCUT2D eigenvalue weighted by molar-refractivity contribution is 5.77. The second kappa shape index (κ2) is 5.50. The molecule has 1 saturated heterocycles. The van der Waals surface area contributed by atoms with Crippen LogP contribution in [0.15, 0.2) is 0 Å². The highest BCUT2D eigenvalue weighted by Crippen LogP contribution is 2.37. The summed E-state index contributed by atoms with van der Waals surface area (Å²) in [6, 6.07) is 0. The number of hydrogen-bond donors (Lipinski definition) is 0. The highest BCUT2D eigenvalue weighted by Gasteiger charge is 2.32. The first-order valence-electron chi connectivity index (χ1n) is 5.94. The van der Waals surface area contributed by atoms with Gasteiger partial charge < -0.3 is 9.64 Å². The van der Waals surface area contributed by atoms with Crippen LogP contribution in [0, 0.1) is 5.41 Å². The van der Waals surface area contributed by atoms with Crippen LogP contribution in [0.25, 0.3) is 0 Å². The lowest BCUT2D eigenvalue weighted by atomic mass is 9.74. The van der Waals surface area contributed by atoms with E-state index in [1.165, 1.54) is 12.8 Å². The summed E-state index contributed by atoms with van der Waals surface area (Å²) < 4.78 is 4.87. The third-order valence-electron chi connectivity index (χ3n) is 3.94. The van der Waals surface area contributed by atoms with Crippen molar-refractivity contribution in [1.29, 1.82) is 0 Å². The normalized spacial score (nSPS) is 20.3. The molecule has 1 aliphatic rings. The molecule has 0 N–H and O–H groups in total. The molecule has 1 aliphatic heterocycles. The molecule has 0 saturated carbocycles. The predicted molar refractivity (Wildman–Crippen MR) is 60.7 cm³/mol. The van der Waals surface area contributed by atoms with Crippen molar-refractivity contribution in [2.45, 2.75) is 39.5 Å². The molecular formula is C12H23NO2. The minimum absolute atomic E-state index is 0.137. The van der Waals surface area contributed by atoms with Crippen molar-refractivity contribution < 1.29 is 9.53 Å². The summed E-state index contributed by atoms with van der Waals surface area (Å²) in [6.07, 6.45) is 4.76. The maximum Gasteiger partial charge on any atom is 0.248 e. The quantitative estimate of drug-likeness (QED) is 0.715. The van der Waals surface area contributed by atoms with E-state index in [0.29, 0.717) is 5.41 Å². The molecule has 0 aromatic heterocycles. The van der Waals surface area contributed by atoms with E-state index in [4.69, 9.17) is 4.74 Å². The van der Waals surface area contributed by atoms with Gasteiger partial charge in [-0.15, -0.1) is 0 Å². The lowest BCUT2D eigenvalue weighted by molar-refractivity contribution is -0.137. The minimum atomic E-state index is 0.137. The van der Waals surface area contributed by atoms with Gasteiger partial charge in [0.2, 0.25) is 5.91 Å². The second-order valence-corrected chi connectivity index (χ2v) is 4.52. The van der Waals surface area contributed by atoms with Gasteiger partial charge >= 0.3 is 0 Å². The molecule has 1 amide bonds. The number of amides is 1. The van der Waals surface area contributed by atoms with Crippen LogP contribution in [-0.2, 0) is 9.53 Å². The maximum absolute atomic E-state index is 11.6. The Balaban J connectivity index is 2.44. The molecule has 0 bridgehead atoms. The van der Waals surface area contributed by atoms with Crippen LogP contribution in [0.2, 0.25) is 0 Å². The number of ether oxygens (including phenoxy) is 1. The van der Waals surface area contributed by atoms with E-state index in [2.05, 4.69) is 13.8 Å². The Morgan fingerprint density at radius 1 is 1.27 bits per heavy atom. The molecule has 0 aromatic carbocycles. The molecule has 1 rings (SSSR count). The van der Waals surface area contributed by atoms with Gasteiger partial charge in [-0.2, -0.15) is 0 Å². The third kappa shape index (κ3) is 2.94. The molecule has 1 fully saturated rings. The van der Waals surface area contributed by atoms with Gasteiger partial charge in [-0.25, -0.2) is 0 Å². The summed E-state index contributed by atoms with van der Waals surface area (Å²) in [6.45, 7) is 6.56. The lowest BCUT2D eigenvalue weighted by Crippen LogP contribution is -2.44. The van der Waals surface area contributed by atoms with Crippen molar-refractivity contribution in [3.05, 3.63) is 0 Å². The van der Waals surface area contributed by atoms with Gasteiger partial charge in [-0.05, 0) is 18.3 Å². The molecule has 3 nitrogen and oxygen atoms in total. The van der Waals surface area contributed by atoms with Gasteiger partial charge in [-0.3, -0.25) is 4.79 Å². The van der Waals surface area contributed by atoms with Crippen molar-refractivity contribution in [3.8, 4) is 0 Å². The summed E-state index contributed by atoms with van der Waals surface area (Å²) in [4.78, 5) is 13.5. The molecule has 0 unspecified atom stereocenters. The fourth-order valence-electron chi connectivity index (χ4n) is 2.40. The van der Waals surface area contributed by atoms with Gasteiger partial charge in [0.1, 0.15) is 6.61 Å².